The molecule has 2 aromatic heterocycles. The highest BCUT2D eigenvalue weighted by Gasteiger charge is 2.38. The van der Waals surface area contributed by atoms with E-state index in [4.69, 9.17) is 14.4 Å². The molecule has 1 aliphatic rings. The number of aromatic nitrogens is 2. The largest absolute Gasteiger partial charge is 0.455 e. The number of benzene rings is 6. The average molecular weight is 539 g/mol. The summed E-state index contributed by atoms with van der Waals surface area (Å²) in [4.78, 5) is 9.65. The van der Waals surface area contributed by atoms with Crippen molar-refractivity contribution in [3.05, 3.63) is 133 Å². The molecule has 0 aliphatic heterocycles. The molecule has 0 bridgehead atoms. The second-order valence-electron chi connectivity index (χ2n) is 11.8. The predicted octanol–water partition coefficient (Wildman–Crippen LogP) is 10.3. The second-order valence-corrected chi connectivity index (χ2v) is 11.8. The second kappa shape index (κ2) is 8.37. The number of hydrogen-bond acceptors (Lipinski definition) is 3. The molecule has 3 nitrogen and oxygen atoms in total. The average Bonchev–Trinajstić information content (AvgIpc) is 3.52. The van der Waals surface area contributed by atoms with Gasteiger partial charge in [0.2, 0.25) is 0 Å². The standard InChI is InChI=1S/C39H26N2O/c1-39(2)32-16-7-6-13-27(32)28-20-21-34-35(36(28)39)31-15-9-14-29(37(31)42-34)26-18-19-30(25-12-5-4-11-24(25)26)38-40-22-23-10-3-8-17-33(23)41-38/h3-22H,1-2H3. The van der Waals surface area contributed by atoms with Gasteiger partial charge in [0, 0.05) is 38.9 Å². The van der Waals surface area contributed by atoms with Gasteiger partial charge in [-0.05, 0) is 56.8 Å². The van der Waals surface area contributed by atoms with Crippen molar-refractivity contribution in [2.75, 3.05) is 0 Å². The highest BCUT2D eigenvalue weighted by Crippen LogP contribution is 2.53. The summed E-state index contributed by atoms with van der Waals surface area (Å²) < 4.78 is 6.74. The van der Waals surface area contributed by atoms with E-state index in [-0.39, 0.29) is 5.41 Å². The van der Waals surface area contributed by atoms with Gasteiger partial charge in [0.15, 0.2) is 5.82 Å². The Hall–Kier alpha value is -5.28. The minimum atomic E-state index is -0.119. The molecule has 0 atom stereocenters. The van der Waals surface area contributed by atoms with E-state index in [9.17, 15) is 0 Å². The molecule has 1 aliphatic carbocycles. The molecule has 9 rings (SSSR count). The lowest BCUT2D eigenvalue weighted by Crippen LogP contribution is -2.15. The zero-order valence-corrected chi connectivity index (χ0v) is 23.3. The minimum absolute atomic E-state index is 0.119. The lowest BCUT2D eigenvalue weighted by atomic mass is 9.80. The van der Waals surface area contributed by atoms with Gasteiger partial charge in [-0.25, -0.2) is 9.97 Å². The first-order valence-corrected chi connectivity index (χ1v) is 14.4. The maximum Gasteiger partial charge on any atom is 0.160 e. The summed E-state index contributed by atoms with van der Waals surface area (Å²) in [5.74, 6) is 0.732. The lowest BCUT2D eigenvalue weighted by molar-refractivity contribution is 0.657. The molecular weight excluding hydrogens is 512 g/mol. The zero-order valence-electron chi connectivity index (χ0n) is 23.3. The van der Waals surface area contributed by atoms with Gasteiger partial charge in [-0.1, -0.05) is 111 Å². The van der Waals surface area contributed by atoms with Crippen LogP contribution < -0.4 is 0 Å². The normalized spacial score (nSPS) is 13.7. The van der Waals surface area contributed by atoms with E-state index in [0.717, 1.165) is 60.7 Å². The zero-order chi connectivity index (χ0) is 28.0. The highest BCUT2D eigenvalue weighted by atomic mass is 16.3. The van der Waals surface area contributed by atoms with Gasteiger partial charge in [0.1, 0.15) is 11.2 Å². The van der Waals surface area contributed by atoms with E-state index in [1.165, 1.54) is 27.6 Å². The smallest absolute Gasteiger partial charge is 0.160 e. The topological polar surface area (TPSA) is 38.9 Å². The van der Waals surface area contributed by atoms with Crippen LogP contribution in [0.3, 0.4) is 0 Å². The van der Waals surface area contributed by atoms with Crippen molar-refractivity contribution in [1.29, 1.82) is 0 Å². The first-order valence-electron chi connectivity index (χ1n) is 14.4. The first kappa shape index (κ1) is 23.4. The Bertz CT molecular complexity index is 2400. The number of furan rings is 1. The maximum absolute atomic E-state index is 6.74. The molecule has 0 saturated carbocycles. The van der Waals surface area contributed by atoms with Crippen LogP contribution >= 0.6 is 0 Å². The minimum Gasteiger partial charge on any atom is -0.455 e. The number of para-hydroxylation sites is 2. The molecule has 0 N–H and O–H groups in total. The van der Waals surface area contributed by atoms with Crippen LogP contribution in [-0.2, 0) is 5.41 Å². The Kier molecular flexibility index (Phi) is 4.67. The fraction of sp³-hybridized carbons (Fsp3) is 0.0769. The van der Waals surface area contributed by atoms with E-state index < -0.39 is 0 Å². The Labute approximate surface area is 243 Å². The number of nitrogens with zero attached hydrogens (tertiary/aromatic N) is 2. The van der Waals surface area contributed by atoms with Gasteiger partial charge in [0.25, 0.3) is 0 Å². The first-order chi connectivity index (χ1) is 20.6. The summed E-state index contributed by atoms with van der Waals surface area (Å²) in [7, 11) is 0. The fourth-order valence-electron chi connectivity index (χ4n) is 7.20. The Morgan fingerprint density at radius 1 is 0.571 bits per heavy atom. The van der Waals surface area contributed by atoms with Crippen LogP contribution in [-0.4, -0.2) is 9.97 Å². The molecule has 0 saturated heterocycles. The summed E-state index contributed by atoms with van der Waals surface area (Å²) in [5, 5.41) is 5.69. The van der Waals surface area contributed by atoms with Gasteiger partial charge in [-0.15, -0.1) is 0 Å². The summed E-state index contributed by atoms with van der Waals surface area (Å²) >= 11 is 0. The highest BCUT2D eigenvalue weighted by molar-refractivity contribution is 6.16. The van der Waals surface area contributed by atoms with Crippen molar-refractivity contribution in [2.45, 2.75) is 19.3 Å². The maximum atomic E-state index is 6.74. The van der Waals surface area contributed by atoms with Crippen molar-refractivity contribution in [3.63, 3.8) is 0 Å². The van der Waals surface area contributed by atoms with E-state index >= 15 is 0 Å². The fourth-order valence-corrected chi connectivity index (χ4v) is 7.20. The number of hydrogen-bond donors (Lipinski definition) is 0. The molecule has 3 heteroatoms. The SMILES string of the molecule is CC1(C)c2ccccc2-c2ccc3oc4c(-c5ccc(-c6ncc7ccccc7n6)c6ccccc56)cccc4c3c21. The molecule has 198 valence electrons. The Morgan fingerprint density at radius 2 is 1.26 bits per heavy atom. The Balaban J connectivity index is 1.29. The van der Waals surface area contributed by atoms with Crippen molar-refractivity contribution in [2.24, 2.45) is 0 Å². The van der Waals surface area contributed by atoms with Gasteiger partial charge in [-0.3, -0.25) is 0 Å². The molecule has 2 heterocycles. The quantitative estimate of drug-likeness (QED) is 0.220. The summed E-state index contributed by atoms with van der Waals surface area (Å²) in [6, 6.07) is 40.7. The van der Waals surface area contributed by atoms with Crippen LogP contribution in [0.4, 0.5) is 0 Å². The van der Waals surface area contributed by atoms with Crippen LogP contribution in [0.25, 0.3) is 77.3 Å². The predicted molar refractivity (Wildman–Crippen MR) is 173 cm³/mol. The van der Waals surface area contributed by atoms with Crippen molar-refractivity contribution < 1.29 is 4.42 Å². The van der Waals surface area contributed by atoms with Crippen LogP contribution in [0.5, 0.6) is 0 Å². The van der Waals surface area contributed by atoms with Gasteiger partial charge in [-0.2, -0.15) is 0 Å². The van der Waals surface area contributed by atoms with Crippen molar-refractivity contribution in [3.8, 4) is 33.6 Å². The molecule has 42 heavy (non-hydrogen) atoms. The van der Waals surface area contributed by atoms with E-state index in [2.05, 4.69) is 105 Å². The molecule has 0 spiro atoms. The third-order valence-corrected chi connectivity index (χ3v) is 9.12. The molecule has 6 aromatic carbocycles. The Morgan fingerprint density at radius 3 is 2.17 bits per heavy atom. The number of fused-ring (bicyclic) bond motifs is 9. The lowest BCUT2D eigenvalue weighted by Gasteiger charge is -2.22. The molecule has 0 amide bonds. The van der Waals surface area contributed by atoms with Crippen LogP contribution in [0.2, 0.25) is 0 Å². The molecule has 8 aromatic rings. The van der Waals surface area contributed by atoms with E-state index in [0.29, 0.717) is 0 Å². The number of rotatable bonds is 2. The van der Waals surface area contributed by atoms with Crippen LogP contribution in [0.1, 0.15) is 25.0 Å². The third kappa shape index (κ3) is 3.11. The van der Waals surface area contributed by atoms with Crippen molar-refractivity contribution in [1.82, 2.24) is 9.97 Å². The third-order valence-electron chi connectivity index (χ3n) is 9.12. The summed E-state index contributed by atoms with van der Waals surface area (Å²) in [6.07, 6.45) is 1.91. The van der Waals surface area contributed by atoms with Gasteiger partial charge >= 0.3 is 0 Å². The van der Waals surface area contributed by atoms with Gasteiger partial charge in [0.05, 0.1) is 5.52 Å². The molecular formula is C39H26N2O. The summed E-state index contributed by atoms with van der Waals surface area (Å²) in [5.41, 5.74) is 11.3. The molecule has 0 fully saturated rings. The van der Waals surface area contributed by atoms with Crippen LogP contribution in [0, 0.1) is 0 Å². The monoisotopic (exact) mass is 538 g/mol. The van der Waals surface area contributed by atoms with Gasteiger partial charge < -0.3 is 4.42 Å². The summed E-state index contributed by atoms with van der Waals surface area (Å²) in [6.45, 7) is 4.67. The van der Waals surface area contributed by atoms with E-state index in [1.807, 2.05) is 30.5 Å². The van der Waals surface area contributed by atoms with Crippen molar-refractivity contribution >= 4 is 43.6 Å². The van der Waals surface area contributed by atoms with E-state index in [1.54, 1.807) is 0 Å². The molecule has 0 radical (unpaired) electrons. The molecule has 0 unspecified atom stereocenters. The van der Waals surface area contributed by atoms with Crippen LogP contribution in [0.15, 0.2) is 126 Å².